The van der Waals surface area contributed by atoms with E-state index >= 15 is 0 Å². The molecular weight excluding hydrogens is 580 g/mol. The lowest BCUT2D eigenvalue weighted by Gasteiger charge is -2.13. The highest BCUT2D eigenvalue weighted by Gasteiger charge is 2.21. The number of pyridine rings is 4. The molecule has 6 heterocycles. The Hall–Kier alpha value is -6.67. The second-order valence-corrected chi connectivity index (χ2v) is 11.5. The number of hydrogen-bond donors (Lipinski definition) is 0. The van der Waals surface area contributed by atoms with Crippen molar-refractivity contribution in [2.24, 2.45) is 0 Å². The molecule has 0 unspecified atom stereocenters. The first-order chi connectivity index (χ1) is 23.3. The van der Waals surface area contributed by atoms with Crippen LogP contribution in [0.2, 0.25) is 0 Å². The van der Waals surface area contributed by atoms with Gasteiger partial charge in [-0.05, 0) is 53.2 Å². The van der Waals surface area contributed by atoms with E-state index in [2.05, 4.69) is 60.7 Å². The molecule has 0 amide bonds. The fraction of sp³-hybridized carbons (Fsp3) is 0. The lowest BCUT2D eigenvalue weighted by Crippen LogP contribution is -2.08. The molecule has 0 aliphatic carbocycles. The van der Waals surface area contributed by atoms with Gasteiger partial charge in [-0.1, -0.05) is 66.7 Å². The van der Waals surface area contributed by atoms with Gasteiger partial charge in [0.1, 0.15) is 11.3 Å². The molecule has 10 aromatic rings. The summed E-state index contributed by atoms with van der Waals surface area (Å²) in [5.74, 6) is 1.49. The van der Waals surface area contributed by atoms with Crippen molar-refractivity contribution in [1.29, 1.82) is 0 Å². The summed E-state index contributed by atoms with van der Waals surface area (Å²) in [6.07, 6.45) is 7.22. The SMILES string of the molecule is c1ccc2c(c1)ccc1c(-c3nc(-c4cc5ccccc5c5ncccc45)nc(-n4c5ncccc5c5cccnc54)n3)ccnc12. The zero-order valence-electron chi connectivity index (χ0n) is 24.8. The Kier molecular flexibility index (Phi) is 5.41. The third kappa shape index (κ3) is 3.85. The first kappa shape index (κ1) is 25.6. The van der Waals surface area contributed by atoms with E-state index in [1.54, 1.807) is 12.4 Å². The highest BCUT2D eigenvalue weighted by Crippen LogP contribution is 2.36. The van der Waals surface area contributed by atoms with E-state index in [1.165, 1.54) is 0 Å². The molecule has 0 aliphatic heterocycles. The van der Waals surface area contributed by atoms with Gasteiger partial charge >= 0.3 is 0 Å². The van der Waals surface area contributed by atoms with Gasteiger partial charge in [-0.25, -0.2) is 19.5 Å². The number of hydrogen-bond acceptors (Lipinski definition) is 7. The first-order valence-electron chi connectivity index (χ1n) is 15.3. The minimum Gasteiger partial charge on any atom is -0.256 e. The molecule has 0 aliphatic rings. The monoisotopic (exact) mass is 602 g/mol. The van der Waals surface area contributed by atoms with Gasteiger partial charge in [-0.3, -0.25) is 9.97 Å². The molecule has 0 bridgehead atoms. The quantitative estimate of drug-likeness (QED) is 0.187. The van der Waals surface area contributed by atoms with Crippen LogP contribution in [0.1, 0.15) is 0 Å². The maximum Gasteiger partial charge on any atom is 0.241 e. The molecule has 4 aromatic carbocycles. The molecule has 0 fully saturated rings. The molecule has 47 heavy (non-hydrogen) atoms. The van der Waals surface area contributed by atoms with E-state index in [9.17, 15) is 0 Å². The van der Waals surface area contributed by atoms with Crippen LogP contribution in [-0.2, 0) is 0 Å². The van der Waals surface area contributed by atoms with Crippen LogP contribution in [0.3, 0.4) is 0 Å². The van der Waals surface area contributed by atoms with Gasteiger partial charge in [0, 0.05) is 68.2 Å². The summed E-state index contributed by atoms with van der Waals surface area (Å²) in [6.45, 7) is 0. The average Bonchev–Trinajstić information content (AvgIpc) is 3.48. The fourth-order valence-corrected chi connectivity index (χ4v) is 6.74. The van der Waals surface area contributed by atoms with E-state index < -0.39 is 0 Å². The minimum absolute atomic E-state index is 0.429. The first-order valence-corrected chi connectivity index (χ1v) is 15.3. The summed E-state index contributed by atoms with van der Waals surface area (Å²) in [7, 11) is 0. The van der Waals surface area contributed by atoms with E-state index in [4.69, 9.17) is 34.9 Å². The fourth-order valence-electron chi connectivity index (χ4n) is 6.74. The highest BCUT2D eigenvalue weighted by atomic mass is 15.2. The Morgan fingerprint density at radius 1 is 0.383 bits per heavy atom. The topological polar surface area (TPSA) is 95.2 Å². The van der Waals surface area contributed by atoms with E-state index in [-0.39, 0.29) is 0 Å². The molecule has 0 N–H and O–H groups in total. The van der Waals surface area contributed by atoms with Crippen LogP contribution in [0.25, 0.3) is 94.1 Å². The second kappa shape index (κ2) is 9.92. The summed E-state index contributed by atoms with van der Waals surface area (Å²) >= 11 is 0. The summed E-state index contributed by atoms with van der Waals surface area (Å²) in [4.78, 5) is 34.7. The van der Waals surface area contributed by atoms with Crippen molar-refractivity contribution in [1.82, 2.24) is 39.5 Å². The molecule has 0 spiro atoms. The second-order valence-electron chi connectivity index (χ2n) is 11.5. The number of aromatic nitrogens is 8. The predicted molar refractivity (Wildman–Crippen MR) is 186 cm³/mol. The summed E-state index contributed by atoms with van der Waals surface area (Å²) in [6, 6.07) is 36.9. The number of nitrogens with zero attached hydrogens (tertiary/aromatic N) is 8. The van der Waals surface area contributed by atoms with Gasteiger partial charge in [0.25, 0.3) is 0 Å². The molecular formula is C39H22N8. The maximum absolute atomic E-state index is 5.20. The molecule has 8 nitrogen and oxygen atoms in total. The van der Waals surface area contributed by atoms with Crippen molar-refractivity contribution in [3.8, 4) is 28.7 Å². The summed E-state index contributed by atoms with van der Waals surface area (Å²) in [5, 5.41) is 8.18. The lowest BCUT2D eigenvalue weighted by atomic mass is 10.00. The molecule has 6 aromatic heterocycles. The molecule has 10 rings (SSSR count). The third-order valence-corrected chi connectivity index (χ3v) is 8.84. The van der Waals surface area contributed by atoms with Crippen LogP contribution in [0.4, 0.5) is 0 Å². The molecule has 8 heteroatoms. The Morgan fingerprint density at radius 2 is 0.936 bits per heavy atom. The number of benzene rings is 4. The minimum atomic E-state index is 0.429. The lowest BCUT2D eigenvalue weighted by molar-refractivity contribution is 0.936. The molecule has 0 saturated carbocycles. The van der Waals surface area contributed by atoms with Crippen molar-refractivity contribution in [2.45, 2.75) is 0 Å². The van der Waals surface area contributed by atoms with Crippen molar-refractivity contribution >= 4 is 65.4 Å². The predicted octanol–water partition coefficient (Wildman–Crippen LogP) is 8.50. The van der Waals surface area contributed by atoms with E-state index in [1.807, 2.05) is 65.5 Å². The van der Waals surface area contributed by atoms with Crippen LogP contribution in [-0.4, -0.2) is 39.5 Å². The van der Waals surface area contributed by atoms with E-state index in [0.29, 0.717) is 17.6 Å². The molecule has 0 atom stereocenters. The van der Waals surface area contributed by atoms with Crippen LogP contribution in [0.15, 0.2) is 134 Å². The van der Waals surface area contributed by atoms with Crippen molar-refractivity contribution in [2.75, 3.05) is 0 Å². The summed E-state index contributed by atoms with van der Waals surface area (Å²) < 4.78 is 1.93. The van der Waals surface area contributed by atoms with E-state index in [0.717, 1.165) is 76.5 Å². The van der Waals surface area contributed by atoms with Crippen LogP contribution in [0, 0.1) is 0 Å². The Labute approximate surface area is 267 Å². The molecule has 0 radical (unpaired) electrons. The standard InChI is InChI=1S/C39H22N8/c1-3-10-25-23(8-1)15-16-28-29(17-21-41-33(25)28)35-44-36(32-22-24-9-2-4-11-26(24)34-27(32)12-5-18-40-34)46-39(45-35)47-37-30(13-6-19-42-37)31-14-7-20-43-38(31)47/h1-22H. The van der Waals surface area contributed by atoms with Gasteiger partial charge in [0.2, 0.25) is 5.95 Å². The normalized spacial score (nSPS) is 11.8. The maximum atomic E-state index is 5.20. The van der Waals surface area contributed by atoms with Crippen molar-refractivity contribution in [3.05, 3.63) is 134 Å². The molecule has 0 saturated heterocycles. The zero-order chi connectivity index (χ0) is 30.9. The van der Waals surface area contributed by atoms with Gasteiger partial charge in [-0.15, -0.1) is 0 Å². The number of rotatable bonds is 3. The van der Waals surface area contributed by atoms with Gasteiger partial charge in [0.15, 0.2) is 11.6 Å². The highest BCUT2D eigenvalue weighted by molar-refractivity contribution is 6.12. The van der Waals surface area contributed by atoms with Crippen molar-refractivity contribution < 1.29 is 0 Å². The Bertz CT molecular complexity index is 2820. The smallest absolute Gasteiger partial charge is 0.241 e. The zero-order valence-corrected chi connectivity index (χ0v) is 24.8. The largest absolute Gasteiger partial charge is 0.256 e. The molecule has 218 valence electrons. The average molecular weight is 603 g/mol. The van der Waals surface area contributed by atoms with Gasteiger partial charge in [-0.2, -0.15) is 9.97 Å². The Balaban J connectivity index is 1.33. The Morgan fingerprint density at radius 3 is 1.68 bits per heavy atom. The third-order valence-electron chi connectivity index (χ3n) is 8.84. The van der Waals surface area contributed by atoms with Crippen LogP contribution in [0.5, 0.6) is 0 Å². The van der Waals surface area contributed by atoms with Crippen LogP contribution >= 0.6 is 0 Å². The van der Waals surface area contributed by atoms with Gasteiger partial charge < -0.3 is 0 Å². The number of fused-ring (bicyclic) bond motifs is 9. The summed E-state index contributed by atoms with van der Waals surface area (Å²) in [5.41, 5.74) is 4.95. The van der Waals surface area contributed by atoms with Crippen molar-refractivity contribution in [3.63, 3.8) is 0 Å². The van der Waals surface area contributed by atoms with Gasteiger partial charge in [0.05, 0.1) is 11.0 Å². The van der Waals surface area contributed by atoms with Crippen LogP contribution < -0.4 is 0 Å².